The Kier molecular flexibility index (Phi) is 4.32. The second-order valence-corrected chi connectivity index (χ2v) is 7.38. The minimum atomic E-state index is 0.561. The van der Waals surface area contributed by atoms with Crippen molar-refractivity contribution in [1.29, 1.82) is 0 Å². The average Bonchev–Trinajstić information content (AvgIpc) is 3.59. The van der Waals surface area contributed by atoms with E-state index < -0.39 is 0 Å². The Bertz CT molecular complexity index is 1410. The van der Waals surface area contributed by atoms with Gasteiger partial charge in [-0.25, -0.2) is 9.97 Å². The predicted molar refractivity (Wildman–Crippen MR) is 121 cm³/mol. The van der Waals surface area contributed by atoms with Gasteiger partial charge in [0.05, 0.1) is 23.5 Å². The molecule has 0 spiro atoms. The molecule has 152 valence electrons. The average molecular weight is 416 g/mol. The predicted octanol–water partition coefficient (Wildman–Crippen LogP) is 6.27. The maximum atomic E-state index is 5.40. The molecule has 6 aromatic rings. The van der Waals surface area contributed by atoms with E-state index in [2.05, 4.69) is 56.3 Å². The van der Waals surface area contributed by atoms with Crippen LogP contribution in [0.4, 0.5) is 0 Å². The molecule has 0 saturated heterocycles. The lowest BCUT2D eigenvalue weighted by molar-refractivity contribution is 0.574. The molecule has 6 heteroatoms. The molecular formula is C26H16N4O2. The molecule has 0 N–H and O–H groups in total. The van der Waals surface area contributed by atoms with E-state index in [0.717, 1.165) is 44.2 Å². The minimum absolute atomic E-state index is 0.561. The molecule has 32 heavy (non-hydrogen) atoms. The van der Waals surface area contributed by atoms with Gasteiger partial charge in [0, 0.05) is 35.9 Å². The highest BCUT2D eigenvalue weighted by molar-refractivity contribution is 5.91. The summed E-state index contributed by atoms with van der Waals surface area (Å²) in [6.07, 6.45) is 13.6. The number of oxazole rings is 2. The van der Waals surface area contributed by atoms with Gasteiger partial charge in [0.15, 0.2) is 0 Å². The van der Waals surface area contributed by atoms with Gasteiger partial charge in [-0.3, -0.25) is 9.97 Å². The first-order valence-corrected chi connectivity index (χ1v) is 10.1. The Morgan fingerprint density at radius 1 is 0.469 bits per heavy atom. The van der Waals surface area contributed by atoms with E-state index in [1.807, 2.05) is 24.5 Å². The number of nitrogens with zero attached hydrogens (tertiary/aromatic N) is 4. The fourth-order valence-electron chi connectivity index (χ4n) is 3.77. The molecule has 0 aliphatic carbocycles. The third-order valence-electron chi connectivity index (χ3n) is 5.34. The zero-order valence-electron chi connectivity index (χ0n) is 16.8. The summed E-state index contributed by atoms with van der Waals surface area (Å²) in [5.41, 5.74) is 5.88. The molecule has 0 aliphatic rings. The molecule has 2 aromatic carbocycles. The van der Waals surface area contributed by atoms with Crippen LogP contribution in [-0.4, -0.2) is 19.9 Å². The zero-order chi connectivity index (χ0) is 21.3. The van der Waals surface area contributed by atoms with Crippen molar-refractivity contribution in [2.24, 2.45) is 0 Å². The lowest BCUT2D eigenvalue weighted by atomic mass is 9.98. The molecule has 0 unspecified atom stereocenters. The van der Waals surface area contributed by atoms with Gasteiger partial charge in [0.2, 0.25) is 11.8 Å². The molecule has 0 saturated carbocycles. The molecule has 0 radical (unpaired) electrons. The van der Waals surface area contributed by atoms with E-state index in [0.29, 0.717) is 11.8 Å². The van der Waals surface area contributed by atoms with E-state index in [1.165, 1.54) is 0 Å². The number of rotatable bonds is 4. The van der Waals surface area contributed by atoms with E-state index >= 15 is 0 Å². The van der Waals surface area contributed by atoms with Crippen LogP contribution in [0, 0.1) is 0 Å². The van der Waals surface area contributed by atoms with Gasteiger partial charge in [-0.1, -0.05) is 24.3 Å². The van der Waals surface area contributed by atoms with Gasteiger partial charge in [0.1, 0.15) is 12.5 Å². The van der Waals surface area contributed by atoms with Crippen molar-refractivity contribution in [2.75, 3.05) is 0 Å². The minimum Gasteiger partial charge on any atom is -0.444 e. The highest BCUT2D eigenvalue weighted by Gasteiger charge is 2.09. The summed E-state index contributed by atoms with van der Waals surface area (Å²) in [6.45, 7) is 0. The maximum Gasteiger partial charge on any atom is 0.227 e. The molecular weight excluding hydrogens is 400 g/mol. The first-order chi connectivity index (χ1) is 15.8. The number of benzene rings is 2. The van der Waals surface area contributed by atoms with Crippen LogP contribution in [0.3, 0.4) is 0 Å². The highest BCUT2D eigenvalue weighted by atomic mass is 16.3. The number of hydrogen-bond acceptors (Lipinski definition) is 6. The summed E-state index contributed by atoms with van der Waals surface area (Å²) in [5.74, 6) is 1.12. The second kappa shape index (κ2) is 7.59. The number of pyridine rings is 2. The monoisotopic (exact) mass is 416 g/mol. The largest absolute Gasteiger partial charge is 0.444 e. The van der Waals surface area contributed by atoms with E-state index in [4.69, 9.17) is 8.83 Å². The topological polar surface area (TPSA) is 77.8 Å². The number of hydrogen-bond donors (Lipinski definition) is 0. The van der Waals surface area contributed by atoms with Crippen LogP contribution in [0.5, 0.6) is 0 Å². The van der Waals surface area contributed by atoms with Crippen LogP contribution < -0.4 is 0 Å². The molecule has 6 nitrogen and oxygen atoms in total. The number of aromatic nitrogens is 4. The lowest BCUT2D eigenvalue weighted by Gasteiger charge is -2.08. The van der Waals surface area contributed by atoms with Crippen LogP contribution in [0.1, 0.15) is 0 Å². The Morgan fingerprint density at radius 3 is 1.38 bits per heavy atom. The Hall–Kier alpha value is -4.58. The summed E-state index contributed by atoms with van der Waals surface area (Å²) >= 11 is 0. The SMILES string of the molecule is c1coc(-c2cncc(-c3ccc4cc(-c5cncc(-c6ncco6)c5)ccc4c3)c2)n1. The molecule has 0 aliphatic heterocycles. The van der Waals surface area contributed by atoms with Crippen LogP contribution in [0.25, 0.3) is 55.9 Å². The van der Waals surface area contributed by atoms with Crippen molar-refractivity contribution < 1.29 is 8.83 Å². The summed E-state index contributed by atoms with van der Waals surface area (Å²) in [5, 5.41) is 2.29. The first-order valence-electron chi connectivity index (χ1n) is 10.1. The molecule has 6 rings (SSSR count). The van der Waals surface area contributed by atoms with Gasteiger partial charge in [-0.05, 0) is 46.2 Å². The molecule has 4 aromatic heterocycles. The van der Waals surface area contributed by atoms with Crippen LogP contribution in [0.15, 0.2) is 107 Å². The summed E-state index contributed by atoms with van der Waals surface area (Å²) in [7, 11) is 0. The Morgan fingerprint density at radius 2 is 0.938 bits per heavy atom. The quantitative estimate of drug-likeness (QED) is 0.337. The van der Waals surface area contributed by atoms with Gasteiger partial charge in [-0.2, -0.15) is 0 Å². The Balaban J connectivity index is 1.36. The molecule has 0 bridgehead atoms. The first kappa shape index (κ1) is 18.2. The summed E-state index contributed by atoms with van der Waals surface area (Å²) in [4.78, 5) is 17.1. The number of fused-ring (bicyclic) bond motifs is 1. The van der Waals surface area contributed by atoms with Crippen molar-refractivity contribution in [3.63, 3.8) is 0 Å². The fourth-order valence-corrected chi connectivity index (χ4v) is 3.77. The fraction of sp³-hybridized carbons (Fsp3) is 0. The smallest absolute Gasteiger partial charge is 0.227 e. The van der Waals surface area contributed by atoms with E-state index in [1.54, 1.807) is 37.3 Å². The highest BCUT2D eigenvalue weighted by Crippen LogP contribution is 2.31. The van der Waals surface area contributed by atoms with Crippen LogP contribution in [0.2, 0.25) is 0 Å². The zero-order valence-corrected chi connectivity index (χ0v) is 16.8. The molecule has 0 fully saturated rings. The van der Waals surface area contributed by atoms with Crippen LogP contribution in [-0.2, 0) is 0 Å². The lowest BCUT2D eigenvalue weighted by Crippen LogP contribution is -1.86. The second-order valence-electron chi connectivity index (χ2n) is 7.38. The van der Waals surface area contributed by atoms with Crippen molar-refractivity contribution >= 4 is 10.8 Å². The van der Waals surface area contributed by atoms with Gasteiger partial charge in [0.25, 0.3) is 0 Å². The molecule has 0 atom stereocenters. The summed E-state index contributed by atoms with van der Waals surface area (Å²) in [6, 6.07) is 16.8. The van der Waals surface area contributed by atoms with Gasteiger partial charge in [-0.15, -0.1) is 0 Å². The van der Waals surface area contributed by atoms with Crippen molar-refractivity contribution in [3.05, 3.63) is 98.2 Å². The maximum absolute atomic E-state index is 5.40. The van der Waals surface area contributed by atoms with Crippen molar-refractivity contribution in [3.8, 4) is 45.2 Å². The van der Waals surface area contributed by atoms with Crippen molar-refractivity contribution in [1.82, 2.24) is 19.9 Å². The normalized spacial score (nSPS) is 11.1. The van der Waals surface area contributed by atoms with E-state index in [9.17, 15) is 0 Å². The third kappa shape index (κ3) is 3.33. The van der Waals surface area contributed by atoms with E-state index in [-0.39, 0.29) is 0 Å². The van der Waals surface area contributed by atoms with Gasteiger partial charge < -0.3 is 8.83 Å². The van der Waals surface area contributed by atoms with Crippen molar-refractivity contribution in [2.45, 2.75) is 0 Å². The standard InChI is InChI=1S/C26H16N4O2/c1-3-19(21-11-23(15-27-13-21)25-29-5-7-31-25)10-18-2-4-20(9-17(1)18)22-12-24(16-28-14-22)26-30-6-8-32-26/h1-16H. The van der Waals surface area contributed by atoms with Gasteiger partial charge >= 0.3 is 0 Å². The molecule has 4 heterocycles. The van der Waals surface area contributed by atoms with Crippen LogP contribution >= 0.6 is 0 Å². The Labute approximate surface area is 183 Å². The third-order valence-corrected chi connectivity index (χ3v) is 5.34. The summed E-state index contributed by atoms with van der Waals surface area (Å²) < 4.78 is 10.8. The molecule has 0 amide bonds.